The van der Waals surface area contributed by atoms with Gasteiger partial charge in [-0.2, -0.15) is 0 Å². The lowest BCUT2D eigenvalue weighted by atomic mass is 10.2. The van der Waals surface area contributed by atoms with Crippen molar-refractivity contribution in [2.24, 2.45) is 0 Å². The molecule has 4 nitrogen and oxygen atoms in total. The number of carbonyl (C=O) groups is 1. The molecule has 0 saturated heterocycles. The van der Waals surface area contributed by atoms with Gasteiger partial charge in [-0.25, -0.2) is 9.97 Å². The number of hydrogen-bond donors (Lipinski definition) is 1. The zero-order valence-electron chi connectivity index (χ0n) is 9.45. The van der Waals surface area contributed by atoms with Gasteiger partial charge >= 0.3 is 0 Å². The van der Waals surface area contributed by atoms with E-state index in [4.69, 9.17) is 23.2 Å². The maximum absolute atomic E-state index is 11.9. The van der Waals surface area contributed by atoms with Crippen molar-refractivity contribution in [1.29, 1.82) is 0 Å². The molecule has 2 aromatic rings. The molecule has 1 amide bonds. The molecule has 0 atom stereocenters. The van der Waals surface area contributed by atoms with Crippen LogP contribution in [0.5, 0.6) is 0 Å². The molecular weight excluding hydrogens is 273 g/mol. The summed E-state index contributed by atoms with van der Waals surface area (Å²) >= 11 is 11.6. The summed E-state index contributed by atoms with van der Waals surface area (Å²) in [4.78, 5) is 19.6. The summed E-state index contributed by atoms with van der Waals surface area (Å²) in [6.07, 6.45) is 2.64. The van der Waals surface area contributed by atoms with Crippen LogP contribution in [0.25, 0.3) is 0 Å². The number of nitrogens with one attached hydrogen (secondary N) is 1. The van der Waals surface area contributed by atoms with Gasteiger partial charge in [-0.15, -0.1) is 0 Å². The highest BCUT2D eigenvalue weighted by atomic mass is 35.5. The standard InChI is InChI=1S/C12H9Cl2N3O/c1-7-8(13)3-2-4-9(7)17-12(18)10-5-16-11(14)6-15-10/h2-6H,1H3,(H,17,18). The largest absolute Gasteiger partial charge is 0.320 e. The molecule has 6 heteroatoms. The first-order valence-electron chi connectivity index (χ1n) is 5.12. The predicted molar refractivity (Wildman–Crippen MR) is 71.2 cm³/mol. The lowest BCUT2D eigenvalue weighted by molar-refractivity contribution is 0.102. The number of carbonyl (C=O) groups excluding carboxylic acids is 1. The fourth-order valence-corrected chi connectivity index (χ4v) is 1.63. The van der Waals surface area contributed by atoms with Crippen molar-refractivity contribution in [3.8, 4) is 0 Å². The Hall–Kier alpha value is -1.65. The third-order valence-electron chi connectivity index (χ3n) is 2.37. The Morgan fingerprint density at radius 3 is 2.67 bits per heavy atom. The number of aromatic nitrogens is 2. The summed E-state index contributed by atoms with van der Waals surface area (Å²) in [6, 6.07) is 5.29. The number of benzene rings is 1. The zero-order chi connectivity index (χ0) is 13.1. The van der Waals surface area contributed by atoms with Gasteiger partial charge in [0.15, 0.2) is 0 Å². The molecule has 0 fully saturated rings. The van der Waals surface area contributed by atoms with E-state index in [1.54, 1.807) is 18.2 Å². The van der Waals surface area contributed by atoms with Crippen LogP contribution in [0, 0.1) is 6.92 Å². The van der Waals surface area contributed by atoms with Gasteiger partial charge in [0.05, 0.1) is 12.4 Å². The van der Waals surface area contributed by atoms with Crippen LogP contribution >= 0.6 is 23.2 Å². The maximum atomic E-state index is 11.9. The van der Waals surface area contributed by atoms with Gasteiger partial charge in [0, 0.05) is 10.7 Å². The summed E-state index contributed by atoms with van der Waals surface area (Å²) in [5.41, 5.74) is 1.64. The average Bonchev–Trinajstić information content (AvgIpc) is 2.36. The van der Waals surface area contributed by atoms with E-state index in [0.29, 0.717) is 10.7 Å². The van der Waals surface area contributed by atoms with Crippen molar-refractivity contribution in [2.45, 2.75) is 6.92 Å². The molecule has 0 spiro atoms. The van der Waals surface area contributed by atoms with Crippen LogP contribution in [-0.2, 0) is 0 Å². The van der Waals surface area contributed by atoms with Gasteiger partial charge in [-0.3, -0.25) is 4.79 Å². The molecule has 0 radical (unpaired) electrons. The minimum absolute atomic E-state index is 0.193. The van der Waals surface area contributed by atoms with Crippen molar-refractivity contribution in [3.05, 3.63) is 52.0 Å². The van der Waals surface area contributed by atoms with Crippen molar-refractivity contribution in [1.82, 2.24) is 9.97 Å². The van der Waals surface area contributed by atoms with Gasteiger partial charge in [0.2, 0.25) is 0 Å². The maximum Gasteiger partial charge on any atom is 0.275 e. The third kappa shape index (κ3) is 2.78. The van der Waals surface area contributed by atoms with E-state index in [-0.39, 0.29) is 16.8 Å². The fourth-order valence-electron chi connectivity index (χ4n) is 1.36. The Bertz CT molecular complexity index is 584. The molecule has 92 valence electrons. The molecule has 0 aliphatic carbocycles. The highest BCUT2D eigenvalue weighted by Gasteiger charge is 2.10. The molecule has 1 aromatic heterocycles. The Labute approximate surface area is 114 Å². The fraction of sp³-hybridized carbons (Fsp3) is 0.0833. The second-order valence-corrected chi connectivity index (χ2v) is 4.39. The van der Waals surface area contributed by atoms with Gasteiger partial charge < -0.3 is 5.32 Å². The smallest absolute Gasteiger partial charge is 0.275 e. The molecular formula is C12H9Cl2N3O. The van der Waals surface area contributed by atoms with Crippen LogP contribution < -0.4 is 5.32 Å². The van der Waals surface area contributed by atoms with Crippen LogP contribution in [0.2, 0.25) is 10.2 Å². The van der Waals surface area contributed by atoms with E-state index in [0.717, 1.165) is 5.56 Å². The molecule has 18 heavy (non-hydrogen) atoms. The van der Waals surface area contributed by atoms with Gasteiger partial charge in [-0.1, -0.05) is 29.3 Å². The summed E-state index contributed by atoms with van der Waals surface area (Å²) in [5.74, 6) is -0.357. The summed E-state index contributed by atoms with van der Waals surface area (Å²) in [6.45, 7) is 1.82. The predicted octanol–water partition coefficient (Wildman–Crippen LogP) is 3.34. The van der Waals surface area contributed by atoms with Crippen molar-refractivity contribution >= 4 is 34.8 Å². The minimum atomic E-state index is -0.357. The average molecular weight is 282 g/mol. The van der Waals surface area contributed by atoms with E-state index in [9.17, 15) is 4.79 Å². The number of rotatable bonds is 2. The lowest BCUT2D eigenvalue weighted by Gasteiger charge is -2.08. The van der Waals surface area contributed by atoms with Crippen molar-refractivity contribution in [2.75, 3.05) is 5.32 Å². The van der Waals surface area contributed by atoms with E-state index in [2.05, 4.69) is 15.3 Å². The van der Waals surface area contributed by atoms with Crippen molar-refractivity contribution < 1.29 is 4.79 Å². The van der Waals surface area contributed by atoms with Crippen LogP contribution in [0.15, 0.2) is 30.6 Å². The summed E-state index contributed by atoms with van der Waals surface area (Å²) < 4.78 is 0. The SMILES string of the molecule is Cc1c(Cl)cccc1NC(=O)c1cnc(Cl)cn1. The van der Waals surface area contributed by atoms with Gasteiger partial charge in [0.1, 0.15) is 10.8 Å². The van der Waals surface area contributed by atoms with Gasteiger partial charge in [0.25, 0.3) is 5.91 Å². The second kappa shape index (κ2) is 5.33. The van der Waals surface area contributed by atoms with Crippen LogP contribution in [0.1, 0.15) is 16.1 Å². The molecule has 1 heterocycles. The molecule has 0 unspecified atom stereocenters. The molecule has 0 aliphatic heterocycles. The molecule has 0 aliphatic rings. The molecule has 0 saturated carbocycles. The normalized spacial score (nSPS) is 10.2. The number of anilines is 1. The zero-order valence-corrected chi connectivity index (χ0v) is 11.0. The summed E-state index contributed by atoms with van der Waals surface area (Å²) in [5, 5.41) is 3.55. The Morgan fingerprint density at radius 1 is 1.22 bits per heavy atom. The Balaban J connectivity index is 2.21. The van der Waals surface area contributed by atoms with E-state index in [1.807, 2.05) is 6.92 Å². The molecule has 0 bridgehead atoms. The Kier molecular flexibility index (Phi) is 3.79. The number of halogens is 2. The molecule has 2 rings (SSSR count). The topological polar surface area (TPSA) is 54.9 Å². The molecule has 1 N–H and O–H groups in total. The van der Waals surface area contributed by atoms with Crippen LogP contribution in [0.4, 0.5) is 5.69 Å². The summed E-state index contributed by atoms with van der Waals surface area (Å²) in [7, 11) is 0. The van der Waals surface area contributed by atoms with Crippen LogP contribution in [0.3, 0.4) is 0 Å². The monoisotopic (exact) mass is 281 g/mol. The van der Waals surface area contributed by atoms with E-state index < -0.39 is 0 Å². The number of hydrogen-bond acceptors (Lipinski definition) is 3. The highest BCUT2D eigenvalue weighted by Crippen LogP contribution is 2.23. The first-order valence-corrected chi connectivity index (χ1v) is 5.87. The number of nitrogens with zero attached hydrogens (tertiary/aromatic N) is 2. The Morgan fingerprint density at radius 2 is 2.00 bits per heavy atom. The van der Waals surface area contributed by atoms with Gasteiger partial charge in [-0.05, 0) is 24.6 Å². The first kappa shape index (κ1) is 12.8. The molecule has 1 aromatic carbocycles. The van der Waals surface area contributed by atoms with Crippen LogP contribution in [-0.4, -0.2) is 15.9 Å². The quantitative estimate of drug-likeness (QED) is 0.919. The highest BCUT2D eigenvalue weighted by molar-refractivity contribution is 6.31. The first-order chi connectivity index (χ1) is 8.58. The number of amides is 1. The van der Waals surface area contributed by atoms with E-state index >= 15 is 0 Å². The lowest BCUT2D eigenvalue weighted by Crippen LogP contribution is -2.14. The minimum Gasteiger partial charge on any atom is -0.320 e. The third-order valence-corrected chi connectivity index (χ3v) is 2.97. The van der Waals surface area contributed by atoms with Crippen molar-refractivity contribution in [3.63, 3.8) is 0 Å². The van der Waals surface area contributed by atoms with E-state index in [1.165, 1.54) is 12.4 Å². The second-order valence-electron chi connectivity index (χ2n) is 3.59.